The van der Waals surface area contributed by atoms with Crippen LogP contribution in [0.15, 0.2) is 24.3 Å². The molecule has 94 valence electrons. The van der Waals surface area contributed by atoms with E-state index < -0.39 is 0 Å². The molecule has 0 unspecified atom stereocenters. The van der Waals surface area contributed by atoms with Crippen molar-refractivity contribution < 1.29 is 9.90 Å². The highest BCUT2D eigenvalue weighted by atomic mass is 16.3. The van der Waals surface area contributed by atoms with Crippen LogP contribution in [0.4, 0.5) is 0 Å². The molecule has 0 heterocycles. The van der Waals surface area contributed by atoms with Crippen molar-refractivity contribution in [2.24, 2.45) is 5.73 Å². The Hall–Kier alpha value is -1.55. The van der Waals surface area contributed by atoms with Gasteiger partial charge in [0.1, 0.15) is 5.75 Å². The van der Waals surface area contributed by atoms with Gasteiger partial charge in [-0.05, 0) is 12.5 Å². The largest absolute Gasteiger partial charge is 0.508 e. The lowest BCUT2D eigenvalue weighted by Gasteiger charge is -2.21. The summed E-state index contributed by atoms with van der Waals surface area (Å²) in [6.45, 7) is 3.77. The lowest BCUT2D eigenvalue weighted by atomic mass is 10.1. The van der Waals surface area contributed by atoms with Crippen LogP contribution in [0.25, 0.3) is 0 Å². The smallest absolute Gasteiger partial charge is 0.227 e. The third-order valence-corrected chi connectivity index (χ3v) is 2.58. The van der Waals surface area contributed by atoms with Crippen molar-refractivity contribution in [2.75, 3.05) is 19.6 Å². The lowest BCUT2D eigenvalue weighted by molar-refractivity contribution is -0.130. The van der Waals surface area contributed by atoms with Crippen LogP contribution in [0.1, 0.15) is 18.9 Å². The molecule has 0 aliphatic carbocycles. The summed E-state index contributed by atoms with van der Waals surface area (Å²) in [5, 5.41) is 9.61. The van der Waals surface area contributed by atoms with Gasteiger partial charge in [-0.3, -0.25) is 4.79 Å². The number of nitrogens with zero attached hydrogens (tertiary/aromatic N) is 1. The Kier molecular flexibility index (Phi) is 5.49. The molecule has 0 radical (unpaired) electrons. The van der Waals surface area contributed by atoms with E-state index in [1.54, 1.807) is 23.1 Å². The van der Waals surface area contributed by atoms with Crippen molar-refractivity contribution in [3.05, 3.63) is 29.8 Å². The maximum absolute atomic E-state index is 12.0. The second kappa shape index (κ2) is 6.91. The minimum Gasteiger partial charge on any atom is -0.508 e. The van der Waals surface area contributed by atoms with E-state index >= 15 is 0 Å². The number of para-hydroxylation sites is 1. The van der Waals surface area contributed by atoms with Crippen LogP contribution in [0.2, 0.25) is 0 Å². The number of nitrogens with two attached hydrogens (primary N) is 1. The second-order valence-corrected chi connectivity index (χ2v) is 3.97. The number of carbonyl (C=O) groups is 1. The van der Waals surface area contributed by atoms with Crippen LogP contribution in [-0.2, 0) is 11.2 Å². The molecule has 0 saturated heterocycles. The summed E-state index contributed by atoms with van der Waals surface area (Å²) < 4.78 is 0. The van der Waals surface area contributed by atoms with Crippen LogP contribution in [0.5, 0.6) is 5.75 Å². The van der Waals surface area contributed by atoms with Crippen molar-refractivity contribution in [3.8, 4) is 5.75 Å². The Morgan fingerprint density at radius 3 is 2.65 bits per heavy atom. The molecule has 3 N–H and O–H groups in total. The molecule has 1 amide bonds. The molecule has 4 heteroatoms. The predicted molar refractivity (Wildman–Crippen MR) is 67.7 cm³/mol. The fourth-order valence-corrected chi connectivity index (χ4v) is 1.72. The van der Waals surface area contributed by atoms with E-state index in [0.717, 1.165) is 6.42 Å². The van der Waals surface area contributed by atoms with Gasteiger partial charge in [-0.15, -0.1) is 0 Å². The minimum atomic E-state index is 0.0128. The molecule has 1 rings (SSSR count). The number of aromatic hydroxyl groups is 1. The summed E-state index contributed by atoms with van der Waals surface area (Å²) >= 11 is 0. The molecule has 17 heavy (non-hydrogen) atoms. The number of amides is 1. The van der Waals surface area contributed by atoms with Crippen LogP contribution >= 0.6 is 0 Å². The van der Waals surface area contributed by atoms with Crippen molar-refractivity contribution >= 4 is 5.91 Å². The predicted octanol–water partition coefficient (Wildman–Crippen LogP) is 1.13. The minimum absolute atomic E-state index is 0.0128. The van der Waals surface area contributed by atoms with E-state index in [-0.39, 0.29) is 18.1 Å². The third kappa shape index (κ3) is 4.07. The van der Waals surface area contributed by atoms with Crippen LogP contribution in [-0.4, -0.2) is 35.5 Å². The highest BCUT2D eigenvalue weighted by Gasteiger charge is 2.13. The van der Waals surface area contributed by atoms with Gasteiger partial charge in [-0.2, -0.15) is 0 Å². The van der Waals surface area contributed by atoms with Crippen LogP contribution in [0, 0.1) is 0 Å². The molecule has 0 aliphatic rings. The Labute approximate surface area is 102 Å². The van der Waals surface area contributed by atoms with Crippen molar-refractivity contribution in [2.45, 2.75) is 19.8 Å². The maximum atomic E-state index is 12.0. The number of carbonyl (C=O) groups excluding carboxylic acids is 1. The second-order valence-electron chi connectivity index (χ2n) is 3.97. The summed E-state index contributed by atoms with van der Waals surface area (Å²) in [5.74, 6) is 0.184. The molecule has 0 bridgehead atoms. The van der Waals surface area contributed by atoms with E-state index in [9.17, 15) is 9.90 Å². The summed E-state index contributed by atoms with van der Waals surface area (Å²) in [7, 11) is 0. The normalized spacial score (nSPS) is 10.2. The van der Waals surface area contributed by atoms with Gasteiger partial charge in [-0.25, -0.2) is 0 Å². The molecule has 0 fully saturated rings. The molecular formula is C13H20N2O2. The number of hydrogen-bond donors (Lipinski definition) is 2. The number of phenolic OH excluding ortho intramolecular Hbond substituents is 1. The Balaban J connectivity index is 2.66. The SMILES string of the molecule is CCCN(CCN)C(=O)Cc1ccccc1O. The Morgan fingerprint density at radius 1 is 1.35 bits per heavy atom. The zero-order valence-electron chi connectivity index (χ0n) is 10.2. The quantitative estimate of drug-likeness (QED) is 0.778. The topological polar surface area (TPSA) is 66.6 Å². The van der Waals surface area contributed by atoms with E-state index in [0.29, 0.717) is 25.2 Å². The summed E-state index contributed by atoms with van der Waals surface area (Å²) in [6.07, 6.45) is 1.14. The first-order valence-electron chi connectivity index (χ1n) is 5.93. The number of rotatable bonds is 6. The summed E-state index contributed by atoms with van der Waals surface area (Å²) in [4.78, 5) is 13.7. The first-order chi connectivity index (χ1) is 8.19. The highest BCUT2D eigenvalue weighted by molar-refractivity contribution is 5.79. The number of phenols is 1. The third-order valence-electron chi connectivity index (χ3n) is 2.58. The zero-order chi connectivity index (χ0) is 12.7. The monoisotopic (exact) mass is 236 g/mol. The summed E-state index contributed by atoms with van der Waals surface area (Å²) in [6, 6.07) is 6.91. The van der Waals surface area contributed by atoms with Crippen molar-refractivity contribution in [1.82, 2.24) is 4.90 Å². The Bertz CT molecular complexity index is 360. The van der Waals surface area contributed by atoms with Gasteiger partial charge in [0.05, 0.1) is 6.42 Å². The fraction of sp³-hybridized carbons (Fsp3) is 0.462. The van der Waals surface area contributed by atoms with Crippen LogP contribution in [0.3, 0.4) is 0 Å². The molecule has 0 atom stereocenters. The van der Waals surface area contributed by atoms with E-state index in [1.807, 2.05) is 13.0 Å². The average Bonchev–Trinajstić information content (AvgIpc) is 2.32. The average molecular weight is 236 g/mol. The molecule has 0 spiro atoms. The van der Waals surface area contributed by atoms with Gasteiger partial charge in [0.15, 0.2) is 0 Å². The zero-order valence-corrected chi connectivity index (χ0v) is 10.2. The molecule has 1 aromatic rings. The van der Waals surface area contributed by atoms with Gasteiger partial charge in [0, 0.05) is 25.2 Å². The molecule has 0 aromatic heterocycles. The van der Waals surface area contributed by atoms with E-state index in [4.69, 9.17) is 5.73 Å². The highest BCUT2D eigenvalue weighted by Crippen LogP contribution is 2.16. The molecule has 0 aliphatic heterocycles. The van der Waals surface area contributed by atoms with Gasteiger partial charge < -0.3 is 15.7 Å². The first kappa shape index (κ1) is 13.5. The van der Waals surface area contributed by atoms with Gasteiger partial charge in [0.2, 0.25) is 5.91 Å². The van der Waals surface area contributed by atoms with Gasteiger partial charge >= 0.3 is 0 Å². The van der Waals surface area contributed by atoms with Crippen molar-refractivity contribution in [3.63, 3.8) is 0 Å². The van der Waals surface area contributed by atoms with Gasteiger partial charge in [-0.1, -0.05) is 25.1 Å². The standard InChI is InChI=1S/C13H20N2O2/c1-2-8-15(9-7-14)13(17)10-11-5-3-4-6-12(11)16/h3-6,16H,2,7-10,14H2,1H3. The summed E-state index contributed by atoms with van der Waals surface area (Å²) in [5.41, 5.74) is 6.14. The van der Waals surface area contributed by atoms with Crippen LogP contribution < -0.4 is 5.73 Å². The molecular weight excluding hydrogens is 216 g/mol. The molecule has 0 saturated carbocycles. The van der Waals surface area contributed by atoms with Gasteiger partial charge in [0.25, 0.3) is 0 Å². The lowest BCUT2D eigenvalue weighted by Crippen LogP contribution is -2.36. The first-order valence-corrected chi connectivity index (χ1v) is 5.93. The Morgan fingerprint density at radius 2 is 2.06 bits per heavy atom. The molecule has 1 aromatic carbocycles. The number of benzene rings is 1. The van der Waals surface area contributed by atoms with E-state index in [2.05, 4.69) is 0 Å². The molecule has 4 nitrogen and oxygen atoms in total. The number of hydrogen-bond acceptors (Lipinski definition) is 3. The van der Waals surface area contributed by atoms with E-state index in [1.165, 1.54) is 0 Å². The maximum Gasteiger partial charge on any atom is 0.227 e. The van der Waals surface area contributed by atoms with Crippen molar-refractivity contribution in [1.29, 1.82) is 0 Å². The fourth-order valence-electron chi connectivity index (χ4n) is 1.72.